The fourth-order valence-corrected chi connectivity index (χ4v) is 2.73. The van der Waals surface area contributed by atoms with Crippen LogP contribution in [0.25, 0.3) is 0 Å². The van der Waals surface area contributed by atoms with Gasteiger partial charge in [0, 0.05) is 5.75 Å². The first-order chi connectivity index (χ1) is 6.08. The van der Waals surface area contributed by atoms with Crippen LogP contribution in [0.2, 0.25) is 0 Å². The Hall–Kier alpha value is 0.270. The number of hydrogen-bond donors (Lipinski definition) is 2. The Kier molecular flexibility index (Phi) is 4.07. The first-order valence-corrected chi connectivity index (χ1v) is 6.21. The molecular weight excluding hydrogens is 182 g/mol. The van der Waals surface area contributed by atoms with Gasteiger partial charge in [-0.25, -0.2) is 0 Å². The lowest BCUT2D eigenvalue weighted by Crippen LogP contribution is -2.48. The molecule has 78 valence electrons. The van der Waals surface area contributed by atoms with Gasteiger partial charge in [-0.2, -0.15) is 11.8 Å². The summed E-state index contributed by atoms with van der Waals surface area (Å²) in [6, 6.07) is 0. The molecule has 2 nitrogen and oxygen atoms in total. The topological polar surface area (TPSA) is 46.2 Å². The third kappa shape index (κ3) is 3.49. The number of thioether (sulfide) groups is 1. The van der Waals surface area contributed by atoms with Crippen molar-refractivity contribution in [2.24, 2.45) is 17.6 Å². The summed E-state index contributed by atoms with van der Waals surface area (Å²) in [5, 5.41) is 9.22. The van der Waals surface area contributed by atoms with Crippen molar-refractivity contribution in [1.29, 1.82) is 0 Å². The van der Waals surface area contributed by atoms with E-state index in [-0.39, 0.29) is 12.1 Å². The molecule has 0 bridgehead atoms. The Morgan fingerprint density at radius 2 is 2.15 bits per heavy atom. The van der Waals surface area contributed by atoms with E-state index in [2.05, 4.69) is 13.8 Å². The third-order valence-corrected chi connectivity index (χ3v) is 4.15. The lowest BCUT2D eigenvalue weighted by Gasteiger charge is -2.27. The van der Waals surface area contributed by atoms with E-state index in [1.807, 2.05) is 11.8 Å². The quantitative estimate of drug-likeness (QED) is 0.687. The molecule has 1 atom stereocenters. The molecule has 1 aliphatic rings. The van der Waals surface area contributed by atoms with Gasteiger partial charge in [0.15, 0.2) is 0 Å². The molecule has 1 aliphatic carbocycles. The number of aliphatic hydroxyl groups is 1. The molecule has 1 fully saturated rings. The Morgan fingerprint density at radius 3 is 2.54 bits per heavy atom. The molecule has 0 spiro atoms. The highest BCUT2D eigenvalue weighted by Crippen LogP contribution is 2.39. The minimum Gasteiger partial charge on any atom is -0.394 e. The van der Waals surface area contributed by atoms with Gasteiger partial charge in [-0.15, -0.1) is 0 Å². The number of rotatable bonds is 6. The van der Waals surface area contributed by atoms with Gasteiger partial charge in [0.05, 0.1) is 12.1 Å². The van der Waals surface area contributed by atoms with Crippen molar-refractivity contribution in [2.45, 2.75) is 32.2 Å². The Labute approximate surface area is 85.3 Å². The summed E-state index contributed by atoms with van der Waals surface area (Å²) in [5.74, 6) is 3.35. The van der Waals surface area contributed by atoms with Crippen LogP contribution in [0.4, 0.5) is 0 Å². The van der Waals surface area contributed by atoms with E-state index in [9.17, 15) is 5.11 Å². The van der Waals surface area contributed by atoms with E-state index >= 15 is 0 Å². The van der Waals surface area contributed by atoms with Crippen LogP contribution < -0.4 is 5.73 Å². The second kappa shape index (κ2) is 4.67. The molecule has 0 saturated heterocycles. The lowest BCUT2D eigenvalue weighted by molar-refractivity contribution is 0.194. The second-order valence-corrected chi connectivity index (χ2v) is 5.60. The molecule has 1 rings (SSSR count). The average Bonchev–Trinajstić information content (AvgIpc) is 2.85. The number of nitrogens with two attached hydrogens (primary N) is 1. The fraction of sp³-hybridized carbons (Fsp3) is 1.00. The van der Waals surface area contributed by atoms with Crippen LogP contribution in [-0.2, 0) is 0 Å². The fourth-order valence-electron chi connectivity index (χ4n) is 1.44. The molecule has 0 aromatic carbocycles. The number of hydrogen-bond acceptors (Lipinski definition) is 3. The molecule has 1 unspecified atom stereocenters. The van der Waals surface area contributed by atoms with Crippen LogP contribution in [0.5, 0.6) is 0 Å². The van der Waals surface area contributed by atoms with Gasteiger partial charge in [0.1, 0.15) is 0 Å². The third-order valence-electron chi connectivity index (χ3n) is 2.51. The second-order valence-electron chi connectivity index (χ2n) is 4.57. The van der Waals surface area contributed by atoms with Gasteiger partial charge < -0.3 is 10.8 Å². The van der Waals surface area contributed by atoms with Crippen LogP contribution >= 0.6 is 11.8 Å². The maximum absolute atomic E-state index is 9.22. The molecule has 13 heavy (non-hydrogen) atoms. The summed E-state index contributed by atoms with van der Waals surface area (Å²) in [5.41, 5.74) is 5.83. The lowest BCUT2D eigenvalue weighted by atomic mass is 9.99. The van der Waals surface area contributed by atoms with Gasteiger partial charge in [0.25, 0.3) is 0 Å². The first-order valence-electron chi connectivity index (χ1n) is 5.06. The average molecular weight is 203 g/mol. The maximum atomic E-state index is 9.22. The van der Waals surface area contributed by atoms with Crippen LogP contribution in [0, 0.1) is 11.8 Å². The van der Waals surface area contributed by atoms with Gasteiger partial charge in [-0.1, -0.05) is 13.8 Å². The highest BCUT2D eigenvalue weighted by Gasteiger charge is 2.41. The van der Waals surface area contributed by atoms with Crippen molar-refractivity contribution in [3.8, 4) is 0 Å². The summed E-state index contributed by atoms with van der Waals surface area (Å²) in [6.45, 7) is 4.56. The van der Waals surface area contributed by atoms with Crippen molar-refractivity contribution in [1.82, 2.24) is 0 Å². The van der Waals surface area contributed by atoms with Crippen molar-refractivity contribution < 1.29 is 5.11 Å². The van der Waals surface area contributed by atoms with E-state index in [0.717, 1.165) is 11.5 Å². The SMILES string of the molecule is CC(C)CSCC(N)(CO)C1CC1. The minimum absolute atomic E-state index is 0.142. The molecule has 3 heteroatoms. The molecule has 0 heterocycles. The van der Waals surface area contributed by atoms with Gasteiger partial charge in [-0.05, 0) is 30.4 Å². The van der Waals surface area contributed by atoms with Gasteiger partial charge in [-0.3, -0.25) is 0 Å². The van der Waals surface area contributed by atoms with E-state index in [1.54, 1.807) is 0 Å². The predicted octanol–water partition coefficient (Wildman–Crippen LogP) is 1.48. The van der Waals surface area contributed by atoms with Gasteiger partial charge >= 0.3 is 0 Å². The normalized spacial score (nSPS) is 21.9. The summed E-state index contributed by atoms with van der Waals surface area (Å²) in [4.78, 5) is 0. The maximum Gasteiger partial charge on any atom is 0.0622 e. The van der Waals surface area contributed by atoms with E-state index < -0.39 is 0 Å². The Bertz CT molecular complexity index is 159. The minimum atomic E-state index is -0.292. The zero-order chi connectivity index (χ0) is 9.90. The van der Waals surface area contributed by atoms with Crippen LogP contribution in [0.15, 0.2) is 0 Å². The van der Waals surface area contributed by atoms with E-state index in [4.69, 9.17) is 5.73 Å². The summed E-state index contributed by atoms with van der Waals surface area (Å²) >= 11 is 1.88. The molecule has 0 aromatic heterocycles. The summed E-state index contributed by atoms with van der Waals surface area (Å²) in [7, 11) is 0. The van der Waals surface area contributed by atoms with Crippen molar-refractivity contribution in [3.63, 3.8) is 0 Å². The zero-order valence-electron chi connectivity index (χ0n) is 8.62. The summed E-state index contributed by atoms with van der Waals surface area (Å²) in [6.07, 6.45) is 2.42. The number of aliphatic hydroxyl groups excluding tert-OH is 1. The van der Waals surface area contributed by atoms with E-state index in [0.29, 0.717) is 11.8 Å². The highest BCUT2D eigenvalue weighted by molar-refractivity contribution is 7.99. The molecule has 0 amide bonds. The van der Waals surface area contributed by atoms with Crippen LogP contribution in [0.3, 0.4) is 0 Å². The predicted molar refractivity (Wildman–Crippen MR) is 58.9 cm³/mol. The Morgan fingerprint density at radius 1 is 1.54 bits per heavy atom. The standard InChI is InChI=1S/C10H21NOS/c1-8(2)5-13-7-10(11,6-12)9-3-4-9/h8-9,12H,3-7,11H2,1-2H3. The molecular formula is C10H21NOS. The van der Waals surface area contributed by atoms with Gasteiger partial charge in [0.2, 0.25) is 0 Å². The largest absolute Gasteiger partial charge is 0.394 e. The van der Waals surface area contributed by atoms with Crippen molar-refractivity contribution in [2.75, 3.05) is 18.1 Å². The van der Waals surface area contributed by atoms with Crippen LogP contribution in [0.1, 0.15) is 26.7 Å². The first kappa shape index (κ1) is 11.3. The highest BCUT2D eigenvalue weighted by atomic mass is 32.2. The van der Waals surface area contributed by atoms with Crippen LogP contribution in [-0.4, -0.2) is 28.8 Å². The summed E-state index contributed by atoms with van der Waals surface area (Å²) < 4.78 is 0. The Balaban J connectivity index is 2.23. The smallest absolute Gasteiger partial charge is 0.0622 e. The van der Waals surface area contributed by atoms with Crippen molar-refractivity contribution in [3.05, 3.63) is 0 Å². The molecule has 0 radical (unpaired) electrons. The molecule has 0 aliphatic heterocycles. The molecule has 3 N–H and O–H groups in total. The monoisotopic (exact) mass is 203 g/mol. The van der Waals surface area contributed by atoms with Crippen molar-refractivity contribution >= 4 is 11.8 Å². The van der Waals surface area contributed by atoms with E-state index in [1.165, 1.54) is 12.8 Å². The molecule has 0 aromatic rings. The zero-order valence-corrected chi connectivity index (χ0v) is 9.44. The molecule has 1 saturated carbocycles.